The summed E-state index contributed by atoms with van der Waals surface area (Å²) in [6.45, 7) is 2.64. The van der Waals surface area contributed by atoms with Crippen LogP contribution in [-0.4, -0.2) is 11.6 Å². The summed E-state index contributed by atoms with van der Waals surface area (Å²) in [6, 6.07) is 6.02. The first-order chi connectivity index (χ1) is 9.31. The van der Waals surface area contributed by atoms with Gasteiger partial charge >= 0.3 is 0 Å². The predicted octanol–water partition coefficient (Wildman–Crippen LogP) is 3.48. The van der Waals surface area contributed by atoms with Crippen LogP contribution in [0.1, 0.15) is 37.4 Å². The van der Waals surface area contributed by atoms with Crippen LogP contribution in [0, 0.1) is 0 Å². The van der Waals surface area contributed by atoms with Crippen LogP contribution in [0.3, 0.4) is 0 Å². The molecule has 3 nitrogen and oxygen atoms in total. The largest absolute Gasteiger partial charge is 0.492 e. The summed E-state index contributed by atoms with van der Waals surface area (Å²) in [7, 11) is 0. The van der Waals surface area contributed by atoms with Gasteiger partial charge in [-0.1, -0.05) is 18.6 Å². The smallest absolute Gasteiger partial charge is 0.145 e. The third-order valence-corrected chi connectivity index (χ3v) is 3.85. The van der Waals surface area contributed by atoms with Gasteiger partial charge in [0.15, 0.2) is 0 Å². The fraction of sp³-hybridized carbons (Fsp3) is 0.438. The Labute approximate surface area is 113 Å². The number of pyridine rings is 1. The number of aryl methyl sites for hydroxylation is 1. The van der Waals surface area contributed by atoms with E-state index in [1.807, 2.05) is 25.1 Å². The van der Waals surface area contributed by atoms with Crippen molar-refractivity contribution in [2.45, 2.75) is 39.0 Å². The molecule has 1 aliphatic rings. The van der Waals surface area contributed by atoms with E-state index in [9.17, 15) is 0 Å². The van der Waals surface area contributed by atoms with Crippen LogP contribution in [0.4, 0.5) is 5.69 Å². The predicted molar refractivity (Wildman–Crippen MR) is 78.6 cm³/mol. The molecule has 19 heavy (non-hydrogen) atoms. The molecule has 100 valence electrons. The van der Waals surface area contributed by atoms with Crippen LogP contribution in [0.2, 0.25) is 0 Å². The Balaban J connectivity index is 2.24. The van der Waals surface area contributed by atoms with E-state index in [-0.39, 0.29) is 0 Å². The number of anilines is 1. The van der Waals surface area contributed by atoms with E-state index in [0.29, 0.717) is 6.61 Å². The lowest BCUT2D eigenvalue weighted by molar-refractivity contribution is 0.343. The molecule has 0 saturated carbocycles. The molecule has 0 atom stereocenters. The molecule has 1 heterocycles. The highest BCUT2D eigenvalue weighted by atomic mass is 16.5. The van der Waals surface area contributed by atoms with E-state index in [1.54, 1.807) is 0 Å². The zero-order valence-electron chi connectivity index (χ0n) is 11.4. The van der Waals surface area contributed by atoms with Gasteiger partial charge in [-0.25, -0.2) is 4.98 Å². The number of benzene rings is 1. The number of fused-ring (bicyclic) bond motifs is 2. The normalized spacial score (nSPS) is 15.0. The molecule has 0 aliphatic heterocycles. The Bertz CT molecular complexity index is 607. The summed E-state index contributed by atoms with van der Waals surface area (Å²) < 4.78 is 5.68. The van der Waals surface area contributed by atoms with Gasteiger partial charge in [0.1, 0.15) is 11.3 Å². The topological polar surface area (TPSA) is 48.1 Å². The standard InChI is InChI=1S/C16H20N2O/c1-2-19-14-10-6-8-12-15(17)11-7-4-3-5-9-13(11)18-16(12)14/h6,8,10H,2-5,7,9H2,1H3,(H2,17,18). The molecule has 1 aliphatic carbocycles. The van der Waals surface area contributed by atoms with Crippen molar-refractivity contribution in [3.63, 3.8) is 0 Å². The molecule has 0 fully saturated rings. The first kappa shape index (κ1) is 12.3. The zero-order valence-corrected chi connectivity index (χ0v) is 11.4. The molecule has 0 amide bonds. The number of nitrogens with zero attached hydrogens (tertiary/aromatic N) is 1. The number of para-hydroxylation sites is 1. The molecule has 0 unspecified atom stereocenters. The molecule has 2 N–H and O–H groups in total. The average Bonchev–Trinajstić information content (AvgIpc) is 2.66. The Morgan fingerprint density at radius 1 is 1.21 bits per heavy atom. The number of nitrogen functional groups attached to an aromatic ring is 1. The highest BCUT2D eigenvalue weighted by Crippen LogP contribution is 2.34. The third kappa shape index (κ3) is 2.14. The molecule has 1 aromatic carbocycles. The van der Waals surface area contributed by atoms with Gasteiger partial charge < -0.3 is 10.5 Å². The van der Waals surface area contributed by atoms with Gasteiger partial charge in [0.25, 0.3) is 0 Å². The number of hydrogen-bond donors (Lipinski definition) is 1. The van der Waals surface area contributed by atoms with Crippen molar-refractivity contribution in [1.82, 2.24) is 4.98 Å². The third-order valence-electron chi connectivity index (χ3n) is 3.85. The summed E-state index contributed by atoms with van der Waals surface area (Å²) in [6.07, 6.45) is 5.79. The fourth-order valence-electron chi connectivity index (χ4n) is 2.90. The molecular formula is C16H20N2O. The van der Waals surface area contributed by atoms with E-state index in [2.05, 4.69) is 0 Å². The van der Waals surface area contributed by atoms with Gasteiger partial charge in [0.05, 0.1) is 6.61 Å². The fourth-order valence-corrected chi connectivity index (χ4v) is 2.90. The van der Waals surface area contributed by atoms with Crippen LogP contribution in [0.25, 0.3) is 10.9 Å². The van der Waals surface area contributed by atoms with E-state index < -0.39 is 0 Å². The Morgan fingerprint density at radius 2 is 2.05 bits per heavy atom. The van der Waals surface area contributed by atoms with Crippen LogP contribution in [0.5, 0.6) is 5.75 Å². The highest BCUT2D eigenvalue weighted by molar-refractivity contribution is 5.95. The SMILES string of the molecule is CCOc1cccc2c(N)c3c(nc12)CCCCC3. The lowest BCUT2D eigenvalue weighted by Gasteiger charge is -2.14. The molecule has 0 saturated heterocycles. The number of hydrogen-bond acceptors (Lipinski definition) is 3. The summed E-state index contributed by atoms with van der Waals surface area (Å²) in [5.41, 5.74) is 10.6. The molecule has 3 heteroatoms. The minimum absolute atomic E-state index is 0.651. The second-order valence-electron chi connectivity index (χ2n) is 5.10. The van der Waals surface area contributed by atoms with E-state index in [0.717, 1.165) is 35.2 Å². The van der Waals surface area contributed by atoms with Gasteiger partial charge in [-0.3, -0.25) is 0 Å². The van der Waals surface area contributed by atoms with Crippen molar-refractivity contribution in [3.8, 4) is 5.75 Å². The van der Waals surface area contributed by atoms with E-state index in [1.165, 1.54) is 30.5 Å². The lowest BCUT2D eigenvalue weighted by Crippen LogP contribution is -2.04. The minimum Gasteiger partial charge on any atom is -0.492 e. The minimum atomic E-state index is 0.651. The summed E-state index contributed by atoms with van der Waals surface area (Å²) >= 11 is 0. The molecule has 1 aromatic heterocycles. The quantitative estimate of drug-likeness (QED) is 0.837. The summed E-state index contributed by atoms with van der Waals surface area (Å²) in [4.78, 5) is 4.85. The molecule has 0 spiro atoms. The molecule has 0 radical (unpaired) electrons. The van der Waals surface area contributed by atoms with Gasteiger partial charge in [-0.2, -0.15) is 0 Å². The van der Waals surface area contributed by atoms with Crippen molar-refractivity contribution in [3.05, 3.63) is 29.5 Å². The van der Waals surface area contributed by atoms with Gasteiger partial charge in [0, 0.05) is 16.8 Å². The van der Waals surface area contributed by atoms with Crippen LogP contribution < -0.4 is 10.5 Å². The molecule has 3 rings (SSSR count). The summed E-state index contributed by atoms with van der Waals surface area (Å²) in [5, 5.41) is 1.03. The molecular weight excluding hydrogens is 236 g/mol. The highest BCUT2D eigenvalue weighted by Gasteiger charge is 2.17. The maximum atomic E-state index is 6.38. The van der Waals surface area contributed by atoms with Crippen molar-refractivity contribution >= 4 is 16.6 Å². The van der Waals surface area contributed by atoms with Gasteiger partial charge in [-0.05, 0) is 44.2 Å². The second-order valence-corrected chi connectivity index (χ2v) is 5.10. The van der Waals surface area contributed by atoms with Gasteiger partial charge in [-0.15, -0.1) is 0 Å². The van der Waals surface area contributed by atoms with Crippen LogP contribution in [-0.2, 0) is 12.8 Å². The Kier molecular flexibility index (Phi) is 3.28. The van der Waals surface area contributed by atoms with Crippen molar-refractivity contribution in [2.75, 3.05) is 12.3 Å². The summed E-state index contributed by atoms with van der Waals surface area (Å²) in [5.74, 6) is 0.846. The second kappa shape index (κ2) is 5.08. The monoisotopic (exact) mass is 256 g/mol. The molecule has 2 aromatic rings. The maximum absolute atomic E-state index is 6.38. The number of nitrogens with two attached hydrogens (primary N) is 1. The van der Waals surface area contributed by atoms with E-state index in [4.69, 9.17) is 15.5 Å². The van der Waals surface area contributed by atoms with E-state index >= 15 is 0 Å². The number of rotatable bonds is 2. The Hall–Kier alpha value is -1.77. The Morgan fingerprint density at radius 3 is 2.89 bits per heavy atom. The van der Waals surface area contributed by atoms with Crippen molar-refractivity contribution in [2.24, 2.45) is 0 Å². The molecule has 0 bridgehead atoms. The van der Waals surface area contributed by atoms with Crippen molar-refractivity contribution < 1.29 is 4.74 Å². The number of ether oxygens (including phenoxy) is 1. The zero-order chi connectivity index (χ0) is 13.2. The number of aromatic nitrogens is 1. The van der Waals surface area contributed by atoms with Gasteiger partial charge in [0.2, 0.25) is 0 Å². The maximum Gasteiger partial charge on any atom is 0.145 e. The average molecular weight is 256 g/mol. The van der Waals surface area contributed by atoms with Crippen molar-refractivity contribution in [1.29, 1.82) is 0 Å². The first-order valence-corrected chi connectivity index (χ1v) is 7.14. The van der Waals surface area contributed by atoms with Crippen LogP contribution >= 0.6 is 0 Å². The van der Waals surface area contributed by atoms with Crippen LogP contribution in [0.15, 0.2) is 18.2 Å². The first-order valence-electron chi connectivity index (χ1n) is 7.14. The lowest BCUT2D eigenvalue weighted by atomic mass is 10.0.